The fourth-order valence-corrected chi connectivity index (χ4v) is 3.32. The Kier molecular flexibility index (Phi) is 7.48. The lowest BCUT2D eigenvalue weighted by Crippen LogP contribution is -2.50. The van der Waals surface area contributed by atoms with Crippen LogP contribution in [0.3, 0.4) is 0 Å². The number of urea groups is 1. The van der Waals surface area contributed by atoms with Gasteiger partial charge in [-0.2, -0.15) is 0 Å². The first-order valence-electron chi connectivity index (χ1n) is 10.1. The Morgan fingerprint density at radius 1 is 1.13 bits per heavy atom. The van der Waals surface area contributed by atoms with Crippen molar-refractivity contribution in [1.82, 2.24) is 4.90 Å². The van der Waals surface area contributed by atoms with E-state index in [0.717, 1.165) is 11.4 Å². The second kappa shape index (κ2) is 10.5. The molecule has 0 bridgehead atoms. The third-order valence-corrected chi connectivity index (χ3v) is 4.95. The molecule has 31 heavy (non-hydrogen) atoms. The molecule has 1 saturated heterocycles. The van der Waals surface area contributed by atoms with Crippen LogP contribution in [0.25, 0.3) is 6.08 Å². The summed E-state index contributed by atoms with van der Waals surface area (Å²) >= 11 is 0. The number of halogens is 1. The van der Waals surface area contributed by atoms with E-state index in [2.05, 4.69) is 10.2 Å². The summed E-state index contributed by atoms with van der Waals surface area (Å²) in [5, 5.41) is 2.65. The Morgan fingerprint density at radius 2 is 1.87 bits per heavy atom. The highest BCUT2D eigenvalue weighted by Crippen LogP contribution is 2.24. The van der Waals surface area contributed by atoms with Gasteiger partial charge in [-0.15, -0.1) is 0 Å². The van der Waals surface area contributed by atoms with Crippen molar-refractivity contribution in [3.63, 3.8) is 0 Å². The number of anilines is 2. The maximum Gasteiger partial charge on any atom is 0.330 e. The molecule has 1 N–H and O–H groups in total. The first-order chi connectivity index (χ1) is 15.0. The molecular weight excluding hydrogens is 401 g/mol. The van der Waals surface area contributed by atoms with E-state index in [1.165, 1.54) is 24.3 Å². The molecule has 2 aromatic carbocycles. The zero-order valence-corrected chi connectivity index (χ0v) is 17.6. The summed E-state index contributed by atoms with van der Waals surface area (Å²) in [4.78, 5) is 28.1. The van der Waals surface area contributed by atoms with Crippen LogP contribution in [0.4, 0.5) is 20.6 Å². The smallest absolute Gasteiger partial charge is 0.330 e. The van der Waals surface area contributed by atoms with Crippen molar-refractivity contribution in [3.8, 4) is 5.75 Å². The molecule has 7 nitrogen and oxygen atoms in total. The van der Waals surface area contributed by atoms with Gasteiger partial charge in [0, 0.05) is 49.6 Å². The van der Waals surface area contributed by atoms with Crippen LogP contribution < -0.4 is 15.0 Å². The third kappa shape index (κ3) is 5.75. The Labute approximate surface area is 181 Å². The van der Waals surface area contributed by atoms with Gasteiger partial charge in [-0.05, 0) is 31.2 Å². The Hall–Kier alpha value is -3.55. The minimum absolute atomic E-state index is 0.0308. The summed E-state index contributed by atoms with van der Waals surface area (Å²) in [5.41, 5.74) is 1.44. The molecule has 0 atom stereocenters. The summed E-state index contributed by atoms with van der Waals surface area (Å²) in [5.74, 6) is -0.326. The van der Waals surface area contributed by atoms with Crippen molar-refractivity contribution in [2.24, 2.45) is 0 Å². The maximum absolute atomic E-state index is 14.4. The van der Waals surface area contributed by atoms with E-state index in [4.69, 9.17) is 9.47 Å². The van der Waals surface area contributed by atoms with E-state index in [1.54, 1.807) is 25.0 Å². The minimum Gasteiger partial charge on any atom is -0.497 e. The van der Waals surface area contributed by atoms with E-state index >= 15 is 0 Å². The highest BCUT2D eigenvalue weighted by Gasteiger charge is 2.23. The summed E-state index contributed by atoms with van der Waals surface area (Å²) in [6, 6.07) is 11.8. The van der Waals surface area contributed by atoms with Crippen molar-refractivity contribution < 1.29 is 23.5 Å². The van der Waals surface area contributed by atoms with Crippen molar-refractivity contribution in [1.29, 1.82) is 0 Å². The topological polar surface area (TPSA) is 71.1 Å². The molecule has 0 unspecified atom stereocenters. The zero-order valence-electron chi connectivity index (χ0n) is 17.6. The number of carbonyl (C=O) groups excluding carboxylic acids is 2. The van der Waals surface area contributed by atoms with E-state index in [1.807, 2.05) is 24.3 Å². The molecule has 0 aromatic heterocycles. The fraction of sp³-hybridized carbons (Fsp3) is 0.304. The normalized spacial score (nSPS) is 13.9. The largest absolute Gasteiger partial charge is 0.497 e. The summed E-state index contributed by atoms with van der Waals surface area (Å²) in [6.07, 6.45) is 2.64. The number of nitrogens with one attached hydrogen (secondary N) is 1. The number of carbonyl (C=O) groups is 2. The van der Waals surface area contributed by atoms with E-state index in [0.29, 0.717) is 31.7 Å². The van der Waals surface area contributed by atoms with Gasteiger partial charge >= 0.3 is 12.0 Å². The van der Waals surface area contributed by atoms with Crippen molar-refractivity contribution in [2.75, 3.05) is 50.1 Å². The number of piperazine rings is 1. The van der Waals surface area contributed by atoms with Gasteiger partial charge in [0.2, 0.25) is 0 Å². The van der Waals surface area contributed by atoms with Crippen LogP contribution in [0.2, 0.25) is 0 Å². The number of hydrogen-bond acceptors (Lipinski definition) is 5. The molecule has 2 amide bonds. The molecule has 8 heteroatoms. The van der Waals surface area contributed by atoms with Gasteiger partial charge in [0.05, 0.1) is 19.4 Å². The van der Waals surface area contributed by atoms with Gasteiger partial charge in [-0.1, -0.05) is 18.2 Å². The van der Waals surface area contributed by atoms with Gasteiger partial charge in [-0.3, -0.25) is 0 Å². The standard InChI is InChI=1S/C23H26FN3O4/c1-3-31-21(28)11-10-17-6-4-9-20(24)22(17)25-23(29)27-14-12-26(13-15-27)18-7-5-8-19(16-18)30-2/h4-11,16H,3,12-15H2,1-2H3,(H,25,29)/b11-10+. The molecule has 3 rings (SSSR count). The molecule has 1 heterocycles. The Morgan fingerprint density at radius 3 is 2.58 bits per heavy atom. The Balaban J connectivity index is 1.64. The summed E-state index contributed by atoms with van der Waals surface area (Å²) in [7, 11) is 1.63. The molecule has 1 fully saturated rings. The van der Waals surface area contributed by atoms with E-state index < -0.39 is 11.8 Å². The molecule has 164 valence electrons. The predicted molar refractivity (Wildman–Crippen MR) is 118 cm³/mol. The minimum atomic E-state index is -0.575. The lowest BCUT2D eigenvalue weighted by molar-refractivity contribution is -0.137. The molecule has 0 aliphatic carbocycles. The van der Waals surface area contributed by atoms with E-state index in [-0.39, 0.29) is 18.3 Å². The van der Waals surface area contributed by atoms with Crippen LogP contribution >= 0.6 is 0 Å². The monoisotopic (exact) mass is 427 g/mol. The number of rotatable bonds is 6. The first kappa shape index (κ1) is 22.1. The highest BCUT2D eigenvalue weighted by atomic mass is 19.1. The van der Waals surface area contributed by atoms with Crippen LogP contribution in [0.15, 0.2) is 48.5 Å². The SMILES string of the molecule is CCOC(=O)/C=C/c1cccc(F)c1NC(=O)N1CCN(c2cccc(OC)c2)CC1. The predicted octanol–water partition coefficient (Wildman–Crippen LogP) is 3.76. The molecule has 1 aliphatic heterocycles. The number of nitrogens with zero attached hydrogens (tertiary/aromatic N) is 2. The van der Waals surface area contributed by atoms with Gasteiger partial charge in [0.25, 0.3) is 0 Å². The third-order valence-electron chi connectivity index (χ3n) is 4.95. The second-order valence-electron chi connectivity index (χ2n) is 6.90. The summed E-state index contributed by atoms with van der Waals surface area (Å²) in [6.45, 7) is 4.23. The summed E-state index contributed by atoms with van der Waals surface area (Å²) < 4.78 is 24.5. The van der Waals surface area contributed by atoms with Crippen molar-refractivity contribution in [3.05, 3.63) is 59.9 Å². The fourth-order valence-electron chi connectivity index (χ4n) is 3.32. The maximum atomic E-state index is 14.4. The number of esters is 1. The molecule has 2 aromatic rings. The lowest BCUT2D eigenvalue weighted by Gasteiger charge is -2.36. The van der Waals surface area contributed by atoms with Gasteiger partial charge < -0.3 is 24.6 Å². The quantitative estimate of drug-likeness (QED) is 0.561. The van der Waals surface area contributed by atoms with E-state index in [9.17, 15) is 14.0 Å². The van der Waals surface area contributed by atoms with Gasteiger partial charge in [-0.25, -0.2) is 14.0 Å². The number of amides is 2. The van der Waals surface area contributed by atoms with Crippen LogP contribution in [0.1, 0.15) is 12.5 Å². The van der Waals surface area contributed by atoms with Gasteiger partial charge in [0.15, 0.2) is 0 Å². The van der Waals surface area contributed by atoms with Crippen LogP contribution in [0.5, 0.6) is 5.75 Å². The average Bonchev–Trinajstić information content (AvgIpc) is 2.79. The number of benzene rings is 2. The van der Waals surface area contributed by atoms with Crippen molar-refractivity contribution >= 4 is 29.5 Å². The number of ether oxygens (including phenoxy) is 2. The van der Waals surface area contributed by atoms with Crippen LogP contribution in [-0.4, -0.2) is 56.8 Å². The second-order valence-corrected chi connectivity index (χ2v) is 6.90. The molecule has 0 radical (unpaired) electrons. The number of hydrogen-bond donors (Lipinski definition) is 1. The zero-order chi connectivity index (χ0) is 22.2. The average molecular weight is 427 g/mol. The van der Waals surface area contributed by atoms with Gasteiger partial charge in [0.1, 0.15) is 11.6 Å². The lowest BCUT2D eigenvalue weighted by atomic mass is 10.1. The molecule has 0 spiro atoms. The molecule has 1 aliphatic rings. The number of methoxy groups -OCH3 is 1. The Bertz CT molecular complexity index is 956. The molecular formula is C23H26FN3O4. The van der Waals surface area contributed by atoms with Crippen LogP contribution in [0, 0.1) is 5.82 Å². The van der Waals surface area contributed by atoms with Crippen molar-refractivity contribution in [2.45, 2.75) is 6.92 Å². The van der Waals surface area contributed by atoms with Crippen LogP contribution in [-0.2, 0) is 9.53 Å². The number of para-hydroxylation sites is 1. The first-order valence-corrected chi connectivity index (χ1v) is 10.1. The highest BCUT2D eigenvalue weighted by molar-refractivity contribution is 5.94. The molecule has 0 saturated carbocycles.